The van der Waals surface area contributed by atoms with E-state index in [0.29, 0.717) is 13.2 Å². The van der Waals surface area contributed by atoms with E-state index in [1.54, 1.807) is 0 Å². The molecule has 12 heavy (non-hydrogen) atoms. The molecule has 0 aromatic carbocycles. The Morgan fingerprint density at radius 3 is 2.00 bits per heavy atom. The summed E-state index contributed by atoms with van der Waals surface area (Å²) in [7, 11) is 0. The molecule has 0 saturated carbocycles. The summed E-state index contributed by atoms with van der Waals surface area (Å²) in [6, 6.07) is 0. The molecule has 1 heterocycles. The third-order valence-corrected chi connectivity index (χ3v) is 2.20. The summed E-state index contributed by atoms with van der Waals surface area (Å²) < 4.78 is 11.0. The first-order valence-corrected chi connectivity index (χ1v) is 4.11. The fourth-order valence-corrected chi connectivity index (χ4v) is 0.941. The molecule has 66 valence electrons. The van der Waals surface area contributed by atoms with Crippen LogP contribution in [0.5, 0.6) is 0 Å². The SMILES string of the molecule is [CH2-]C1(CC)COC(C)(C)OC1.[Li+]. The van der Waals surface area contributed by atoms with Crippen molar-refractivity contribution in [3.05, 3.63) is 6.92 Å². The predicted molar refractivity (Wildman–Crippen MR) is 44.1 cm³/mol. The van der Waals surface area contributed by atoms with Gasteiger partial charge in [0.15, 0.2) is 5.79 Å². The van der Waals surface area contributed by atoms with Gasteiger partial charge in [0.25, 0.3) is 0 Å². The van der Waals surface area contributed by atoms with Crippen LogP contribution in [0.4, 0.5) is 0 Å². The normalized spacial score (nSPS) is 26.0. The molecule has 0 bridgehead atoms. The number of hydrogen-bond acceptors (Lipinski definition) is 2. The largest absolute Gasteiger partial charge is 1.00 e. The Morgan fingerprint density at radius 2 is 1.67 bits per heavy atom. The van der Waals surface area contributed by atoms with Crippen LogP contribution in [0.1, 0.15) is 27.2 Å². The van der Waals surface area contributed by atoms with Crippen LogP contribution in [0, 0.1) is 12.3 Å². The number of rotatable bonds is 1. The van der Waals surface area contributed by atoms with E-state index in [9.17, 15) is 0 Å². The van der Waals surface area contributed by atoms with Gasteiger partial charge < -0.3 is 16.4 Å². The van der Waals surface area contributed by atoms with Crippen molar-refractivity contribution in [3.8, 4) is 0 Å². The van der Waals surface area contributed by atoms with Gasteiger partial charge in [-0.2, -0.15) is 0 Å². The zero-order valence-corrected chi connectivity index (χ0v) is 8.64. The van der Waals surface area contributed by atoms with Gasteiger partial charge in [0.2, 0.25) is 0 Å². The van der Waals surface area contributed by atoms with Crippen molar-refractivity contribution in [1.29, 1.82) is 0 Å². The molecule has 1 rings (SSSR count). The first-order chi connectivity index (χ1) is 4.97. The first-order valence-electron chi connectivity index (χ1n) is 4.11. The minimum absolute atomic E-state index is 0. The zero-order valence-electron chi connectivity index (χ0n) is 8.64. The maximum Gasteiger partial charge on any atom is 1.00 e. The molecular weight excluding hydrogens is 147 g/mol. The Labute approximate surface area is 87.2 Å². The molecule has 0 aromatic heterocycles. The van der Waals surface area contributed by atoms with Gasteiger partial charge in [0.1, 0.15) is 0 Å². The van der Waals surface area contributed by atoms with Crippen molar-refractivity contribution in [2.45, 2.75) is 33.0 Å². The van der Waals surface area contributed by atoms with Crippen LogP contribution < -0.4 is 18.9 Å². The summed E-state index contributed by atoms with van der Waals surface area (Å²) in [5, 5.41) is 0. The molecule has 1 fully saturated rings. The molecule has 0 radical (unpaired) electrons. The molecule has 0 atom stereocenters. The molecular formula is C9H17LiO2. The summed E-state index contributed by atoms with van der Waals surface area (Å²) in [5.74, 6) is -0.406. The monoisotopic (exact) mass is 164 g/mol. The fourth-order valence-electron chi connectivity index (χ4n) is 0.941. The van der Waals surface area contributed by atoms with E-state index in [1.807, 2.05) is 13.8 Å². The quantitative estimate of drug-likeness (QED) is 0.366. The van der Waals surface area contributed by atoms with E-state index in [2.05, 4.69) is 13.8 Å². The average molecular weight is 164 g/mol. The van der Waals surface area contributed by atoms with Crippen molar-refractivity contribution in [2.24, 2.45) is 5.41 Å². The first kappa shape index (κ1) is 12.5. The minimum atomic E-state index is -0.406. The topological polar surface area (TPSA) is 18.5 Å². The summed E-state index contributed by atoms with van der Waals surface area (Å²) >= 11 is 0. The molecule has 1 saturated heterocycles. The summed E-state index contributed by atoms with van der Waals surface area (Å²) in [6.07, 6.45) is 1.00. The minimum Gasteiger partial charge on any atom is -0.353 e. The van der Waals surface area contributed by atoms with E-state index in [0.717, 1.165) is 6.42 Å². The van der Waals surface area contributed by atoms with Crippen LogP contribution in [0.3, 0.4) is 0 Å². The Bertz CT molecular complexity index is 135. The van der Waals surface area contributed by atoms with Crippen LogP contribution in [0.25, 0.3) is 0 Å². The third-order valence-electron chi connectivity index (χ3n) is 2.20. The van der Waals surface area contributed by atoms with Gasteiger partial charge in [0.05, 0.1) is 0 Å². The van der Waals surface area contributed by atoms with Crippen molar-refractivity contribution < 1.29 is 28.3 Å². The summed E-state index contributed by atoms with van der Waals surface area (Å²) in [6.45, 7) is 11.4. The van der Waals surface area contributed by atoms with E-state index in [-0.39, 0.29) is 24.3 Å². The van der Waals surface area contributed by atoms with Crippen LogP contribution in [0.15, 0.2) is 0 Å². The van der Waals surface area contributed by atoms with Gasteiger partial charge in [-0.15, -0.1) is 5.41 Å². The second-order valence-electron chi connectivity index (χ2n) is 3.83. The van der Waals surface area contributed by atoms with Gasteiger partial charge >= 0.3 is 18.9 Å². The Balaban J connectivity index is 0.00000121. The van der Waals surface area contributed by atoms with Crippen LogP contribution in [0.2, 0.25) is 0 Å². The van der Waals surface area contributed by atoms with Crippen molar-refractivity contribution >= 4 is 0 Å². The zero-order chi connectivity index (χ0) is 8.54. The average Bonchev–Trinajstić information content (AvgIpc) is 1.97. The molecule has 2 nitrogen and oxygen atoms in total. The molecule has 0 unspecified atom stereocenters. The fraction of sp³-hybridized carbons (Fsp3) is 0.889. The van der Waals surface area contributed by atoms with E-state index >= 15 is 0 Å². The summed E-state index contributed by atoms with van der Waals surface area (Å²) in [4.78, 5) is 0. The van der Waals surface area contributed by atoms with Crippen molar-refractivity contribution in [1.82, 2.24) is 0 Å². The molecule has 0 amide bonds. The number of hydrogen-bond donors (Lipinski definition) is 0. The maximum absolute atomic E-state index is 5.49. The van der Waals surface area contributed by atoms with Crippen LogP contribution >= 0.6 is 0 Å². The Kier molecular flexibility index (Phi) is 4.33. The van der Waals surface area contributed by atoms with E-state index < -0.39 is 5.79 Å². The van der Waals surface area contributed by atoms with Gasteiger partial charge in [-0.25, -0.2) is 0 Å². The molecule has 0 N–H and O–H groups in total. The van der Waals surface area contributed by atoms with Crippen molar-refractivity contribution in [3.63, 3.8) is 0 Å². The second-order valence-corrected chi connectivity index (χ2v) is 3.83. The second kappa shape index (κ2) is 4.15. The van der Waals surface area contributed by atoms with E-state index in [1.165, 1.54) is 0 Å². The summed E-state index contributed by atoms with van der Waals surface area (Å²) in [5.41, 5.74) is -0.0183. The third kappa shape index (κ3) is 3.10. The van der Waals surface area contributed by atoms with Gasteiger partial charge in [-0.1, -0.05) is 13.3 Å². The Morgan fingerprint density at radius 1 is 1.25 bits per heavy atom. The maximum atomic E-state index is 5.49. The molecule has 1 aliphatic rings. The van der Waals surface area contributed by atoms with Crippen LogP contribution in [-0.4, -0.2) is 19.0 Å². The molecule has 0 aliphatic carbocycles. The smallest absolute Gasteiger partial charge is 0.353 e. The van der Waals surface area contributed by atoms with Gasteiger partial charge in [-0.05, 0) is 13.8 Å². The predicted octanol–water partition coefficient (Wildman–Crippen LogP) is -0.996. The van der Waals surface area contributed by atoms with Gasteiger partial charge in [-0.3, -0.25) is 0 Å². The van der Waals surface area contributed by atoms with Gasteiger partial charge in [0, 0.05) is 13.2 Å². The molecule has 0 spiro atoms. The molecule has 3 heteroatoms. The number of ether oxygens (including phenoxy) is 2. The Hall–Kier alpha value is 0.517. The molecule has 1 aliphatic heterocycles. The standard InChI is InChI=1S/C9H17O2.Li/c1-5-9(4)6-10-8(2,3)11-7-9;/h4-7H2,1-3H3;/q-1;+1. The molecule has 0 aromatic rings. The van der Waals surface area contributed by atoms with E-state index in [4.69, 9.17) is 9.47 Å². The van der Waals surface area contributed by atoms with Crippen molar-refractivity contribution in [2.75, 3.05) is 13.2 Å². The van der Waals surface area contributed by atoms with Crippen LogP contribution in [-0.2, 0) is 9.47 Å².